The Hall–Kier alpha value is -0.980. The molecule has 0 aromatic heterocycles. The molecule has 0 fully saturated rings. The third-order valence-electron chi connectivity index (χ3n) is 0.648. The van der Waals surface area contributed by atoms with Gasteiger partial charge in [-0.2, -0.15) is 0 Å². The maximum absolute atomic E-state index is 10.4. The van der Waals surface area contributed by atoms with Gasteiger partial charge in [-0.25, -0.2) is 13.9 Å². The molecule has 0 aliphatic carbocycles. The first-order chi connectivity index (χ1) is 4.57. The molecule has 0 heterocycles. The van der Waals surface area contributed by atoms with Gasteiger partial charge in [0.15, 0.2) is 0 Å². The van der Waals surface area contributed by atoms with Crippen LogP contribution in [0.4, 0.5) is 14.3 Å². The molecule has 0 saturated carbocycles. The fourth-order valence-corrected chi connectivity index (χ4v) is 0.564. The highest BCUT2D eigenvalue weighted by Crippen LogP contribution is 2.08. The van der Waals surface area contributed by atoms with Crippen molar-refractivity contribution in [3.63, 3.8) is 0 Å². The number of carbonyl (C=O) groups is 2. The highest BCUT2D eigenvalue weighted by atomic mass is 32.2. The first kappa shape index (κ1) is 12.7. The Balaban J connectivity index is 0. The van der Waals surface area contributed by atoms with Gasteiger partial charge in [0.05, 0.1) is 19.1 Å². The lowest BCUT2D eigenvalue weighted by Gasteiger charge is -2.07. The van der Waals surface area contributed by atoms with Crippen LogP contribution in [0.5, 0.6) is 0 Å². The molecule has 0 aromatic rings. The Bertz CT molecular complexity index is 153. The monoisotopic (exact) mass is 185 g/mol. The molecule has 11 heavy (non-hydrogen) atoms. The molecule has 0 atom stereocenters. The number of rotatable bonds is 0. The first-order valence-corrected chi connectivity index (χ1v) is 3.08. The van der Waals surface area contributed by atoms with Gasteiger partial charge in [0, 0.05) is 7.05 Å². The summed E-state index contributed by atoms with van der Waals surface area (Å²) in [7, 11) is 2.44. The number of methoxy groups -OCH3 is 1. The highest BCUT2D eigenvalue weighted by Gasteiger charge is 2.11. The molecule has 0 aromatic carbocycles. The van der Waals surface area contributed by atoms with Crippen molar-refractivity contribution in [1.82, 2.24) is 4.31 Å². The van der Waals surface area contributed by atoms with Crippen LogP contribution in [0.2, 0.25) is 0 Å². The first-order valence-electron chi connectivity index (χ1n) is 2.30. The Morgan fingerprint density at radius 3 is 2.27 bits per heavy atom. The zero-order chi connectivity index (χ0) is 8.15. The van der Waals surface area contributed by atoms with Gasteiger partial charge in [0.25, 0.3) is 0 Å². The van der Waals surface area contributed by atoms with Crippen LogP contribution in [0.1, 0.15) is 0 Å². The largest absolute Gasteiger partial charge is 0.464 e. The Morgan fingerprint density at radius 1 is 1.55 bits per heavy atom. The van der Waals surface area contributed by atoms with Gasteiger partial charge in [-0.05, 0) is 0 Å². The number of carbonyl (C=O) groups excluding carboxylic acids is 1. The molecule has 0 aliphatic heterocycles. The second-order valence-electron chi connectivity index (χ2n) is 1.33. The Labute approximate surface area is 66.8 Å². The fourth-order valence-electron chi connectivity index (χ4n) is 0.188. The number of amides is 1. The minimum atomic E-state index is -1.18. The smallest absolute Gasteiger partial charge is 0.417 e. The van der Waals surface area contributed by atoms with E-state index >= 15 is 0 Å². The molecule has 0 rings (SSSR count). The maximum atomic E-state index is 10.4. The van der Waals surface area contributed by atoms with Crippen LogP contribution in [-0.4, -0.2) is 35.0 Å². The summed E-state index contributed by atoms with van der Waals surface area (Å²) in [6, 6.07) is 0. The van der Waals surface area contributed by atoms with Gasteiger partial charge in [0.2, 0.25) is 0 Å². The number of hydrogen-bond acceptors (Lipinski definition) is 4. The van der Waals surface area contributed by atoms with Crippen LogP contribution < -0.4 is 0 Å². The molecule has 7 heteroatoms. The predicted molar refractivity (Wildman–Crippen MR) is 38.3 cm³/mol. The summed E-state index contributed by atoms with van der Waals surface area (Å²) in [6.45, 7) is 0. The standard InChI is InChI=1S/C4H7NO4S.FH/c1-5(3(6)7)10-4(8)9-2;/h1-2H3,(H,6,7);1H. The highest BCUT2D eigenvalue weighted by molar-refractivity contribution is 8.11. The van der Waals surface area contributed by atoms with E-state index in [1.165, 1.54) is 14.2 Å². The van der Waals surface area contributed by atoms with Crippen LogP contribution in [0.25, 0.3) is 0 Å². The van der Waals surface area contributed by atoms with Gasteiger partial charge in [-0.15, -0.1) is 0 Å². The Morgan fingerprint density at radius 2 is 2.00 bits per heavy atom. The van der Waals surface area contributed by atoms with Crippen molar-refractivity contribution in [2.45, 2.75) is 0 Å². The second kappa shape index (κ2) is 5.78. The van der Waals surface area contributed by atoms with Crippen molar-refractivity contribution in [3.8, 4) is 0 Å². The lowest BCUT2D eigenvalue weighted by Crippen LogP contribution is -2.18. The molecule has 1 N–H and O–H groups in total. The summed E-state index contributed by atoms with van der Waals surface area (Å²) < 4.78 is 4.95. The minimum absolute atomic E-state index is 0. The molecule has 1 amide bonds. The summed E-state index contributed by atoms with van der Waals surface area (Å²) in [5.41, 5.74) is 0. The summed E-state index contributed by atoms with van der Waals surface area (Å²) >= 11 is 0.480. The van der Waals surface area contributed by atoms with Crippen LogP contribution in [0.3, 0.4) is 0 Å². The molecule has 5 nitrogen and oxygen atoms in total. The minimum Gasteiger partial charge on any atom is -0.464 e. The summed E-state index contributed by atoms with van der Waals surface area (Å²) in [5.74, 6) is 0. The third kappa shape index (κ3) is 5.46. The quantitative estimate of drug-likeness (QED) is 0.453. The average molecular weight is 185 g/mol. The van der Waals surface area contributed by atoms with Gasteiger partial charge in [0.1, 0.15) is 0 Å². The van der Waals surface area contributed by atoms with E-state index in [4.69, 9.17) is 5.11 Å². The number of halogens is 1. The van der Waals surface area contributed by atoms with Crippen molar-refractivity contribution < 1.29 is 24.1 Å². The van der Waals surface area contributed by atoms with E-state index in [-0.39, 0.29) is 4.70 Å². The fraction of sp³-hybridized carbons (Fsp3) is 0.500. The van der Waals surface area contributed by atoms with E-state index in [1.54, 1.807) is 0 Å². The zero-order valence-corrected chi connectivity index (χ0v) is 6.75. The van der Waals surface area contributed by atoms with Crippen molar-refractivity contribution in [3.05, 3.63) is 0 Å². The van der Waals surface area contributed by atoms with E-state index in [0.717, 1.165) is 4.31 Å². The molecule has 0 unspecified atom stereocenters. The van der Waals surface area contributed by atoms with Crippen LogP contribution >= 0.6 is 11.9 Å². The van der Waals surface area contributed by atoms with E-state index in [0.29, 0.717) is 11.9 Å². The van der Waals surface area contributed by atoms with Crippen LogP contribution in [-0.2, 0) is 4.74 Å². The van der Waals surface area contributed by atoms with Gasteiger partial charge >= 0.3 is 11.4 Å². The number of nitrogens with zero attached hydrogens (tertiary/aromatic N) is 1. The number of hydrogen-bond donors (Lipinski definition) is 1. The van der Waals surface area contributed by atoms with Gasteiger partial charge in [-0.1, -0.05) is 0 Å². The summed E-state index contributed by atoms with van der Waals surface area (Å²) in [5, 5.41) is 7.58. The van der Waals surface area contributed by atoms with Crippen molar-refractivity contribution in [2.24, 2.45) is 0 Å². The van der Waals surface area contributed by atoms with Crippen LogP contribution in [0, 0.1) is 0 Å². The molecule has 0 radical (unpaired) electrons. The Kier molecular flexibility index (Phi) is 6.66. The van der Waals surface area contributed by atoms with Crippen molar-refractivity contribution >= 4 is 23.3 Å². The lowest BCUT2D eigenvalue weighted by molar-refractivity contribution is 0.178. The van der Waals surface area contributed by atoms with Crippen molar-refractivity contribution in [2.75, 3.05) is 14.2 Å². The number of carboxylic acid groups (broad SMARTS) is 1. The second-order valence-corrected chi connectivity index (χ2v) is 2.39. The normalized spacial score (nSPS) is 7.82. The molecular formula is C4H8FNO4S. The number of ether oxygens (including phenoxy) is 1. The lowest BCUT2D eigenvalue weighted by atomic mass is 11.1. The molecule has 0 spiro atoms. The van der Waals surface area contributed by atoms with Crippen molar-refractivity contribution in [1.29, 1.82) is 0 Å². The van der Waals surface area contributed by atoms with Gasteiger partial charge < -0.3 is 9.84 Å². The predicted octanol–water partition coefficient (Wildman–Crippen LogP) is 1.16. The van der Waals surface area contributed by atoms with E-state index < -0.39 is 11.4 Å². The SMILES string of the molecule is COC(=O)SN(C)C(=O)O.F. The van der Waals surface area contributed by atoms with E-state index in [2.05, 4.69) is 4.74 Å². The molecular weight excluding hydrogens is 177 g/mol. The zero-order valence-electron chi connectivity index (χ0n) is 5.94. The summed E-state index contributed by atoms with van der Waals surface area (Å²) in [6.07, 6.45) is -1.18. The maximum Gasteiger partial charge on any atom is 0.417 e. The third-order valence-corrected chi connectivity index (χ3v) is 1.39. The average Bonchev–Trinajstić information content (AvgIpc) is 1.87. The molecule has 0 bridgehead atoms. The van der Waals surface area contributed by atoms with E-state index in [1.807, 2.05) is 0 Å². The molecule has 0 saturated heterocycles. The molecule has 0 aliphatic rings. The van der Waals surface area contributed by atoms with E-state index in [9.17, 15) is 9.59 Å². The molecule has 66 valence electrons. The van der Waals surface area contributed by atoms with Crippen LogP contribution in [0.15, 0.2) is 0 Å². The summed E-state index contributed by atoms with van der Waals surface area (Å²) in [4.78, 5) is 20.4. The van der Waals surface area contributed by atoms with Gasteiger partial charge in [-0.3, -0.25) is 4.70 Å². The topological polar surface area (TPSA) is 66.8 Å².